The van der Waals surface area contributed by atoms with Gasteiger partial charge in [0, 0.05) is 61.4 Å². The Labute approximate surface area is 242 Å². The fourth-order valence-electron chi connectivity index (χ4n) is 7.30. The van der Waals surface area contributed by atoms with Gasteiger partial charge in [-0.1, -0.05) is 12.1 Å². The lowest BCUT2D eigenvalue weighted by molar-refractivity contribution is -0.000306. The monoisotopic (exact) mass is 561 g/mol. The molecule has 1 aromatic carbocycles. The van der Waals surface area contributed by atoms with E-state index >= 15 is 0 Å². The highest BCUT2D eigenvalue weighted by atomic mass is 16.6. The average molecular weight is 562 g/mol. The Bertz CT molecular complexity index is 1360. The molecule has 4 heterocycles. The number of carbonyl (C=O) groups is 2. The van der Waals surface area contributed by atoms with Gasteiger partial charge in [-0.25, -0.2) is 9.59 Å². The molecule has 3 amide bonds. The van der Waals surface area contributed by atoms with Crippen molar-refractivity contribution in [2.75, 3.05) is 26.2 Å². The predicted octanol–water partition coefficient (Wildman–Crippen LogP) is 5.77. The predicted molar refractivity (Wildman–Crippen MR) is 155 cm³/mol. The Morgan fingerprint density at radius 1 is 1.07 bits per heavy atom. The molecule has 2 aliphatic carbocycles. The van der Waals surface area contributed by atoms with Gasteiger partial charge in [-0.3, -0.25) is 4.68 Å². The standard InChI is InChI=1S/C32H43N5O4/c1-21-26-27(34-37(21)23-11-16-36(31(19-23)12-13-31)29(39)41-30(2,3)4)24-7-5-6-8-25(24)40-32(26)14-17-35(18-15-32)28(38)33-20-22-9-10-22/h5-8,22-23H,9-20H2,1-4H3,(H,33,38)/t23-/m1/s1. The van der Waals surface area contributed by atoms with E-state index in [0.717, 1.165) is 67.8 Å². The van der Waals surface area contributed by atoms with E-state index in [-0.39, 0.29) is 23.7 Å². The van der Waals surface area contributed by atoms with Crippen molar-refractivity contribution < 1.29 is 19.1 Å². The zero-order valence-corrected chi connectivity index (χ0v) is 24.9. The topological polar surface area (TPSA) is 88.9 Å². The molecule has 2 saturated heterocycles. The van der Waals surface area contributed by atoms with Gasteiger partial charge in [0.25, 0.3) is 0 Å². The van der Waals surface area contributed by atoms with Crippen molar-refractivity contribution in [1.29, 1.82) is 0 Å². The number of benzene rings is 1. The number of hydrogen-bond acceptors (Lipinski definition) is 5. The first kappa shape index (κ1) is 26.7. The minimum atomic E-state index is -0.506. The minimum Gasteiger partial charge on any atom is -0.482 e. The van der Waals surface area contributed by atoms with Crippen LogP contribution in [0.15, 0.2) is 24.3 Å². The fraction of sp³-hybridized carbons (Fsp3) is 0.656. The molecule has 1 aromatic heterocycles. The SMILES string of the molecule is Cc1c2c(nn1[C@@H]1CCN(C(=O)OC(C)(C)C)C3(CC3)C1)-c1ccccc1OC21CCN(C(=O)NCC2CC2)CC1. The summed E-state index contributed by atoms with van der Waals surface area (Å²) in [5.41, 5.74) is 3.23. The molecule has 1 atom stereocenters. The van der Waals surface area contributed by atoms with Gasteiger partial charge in [0.2, 0.25) is 0 Å². The summed E-state index contributed by atoms with van der Waals surface area (Å²) in [5, 5.41) is 8.44. The van der Waals surface area contributed by atoms with Crippen LogP contribution in [0.4, 0.5) is 9.59 Å². The number of ether oxygens (including phenoxy) is 2. The number of nitrogens with zero attached hydrogens (tertiary/aromatic N) is 4. The Morgan fingerprint density at radius 3 is 2.49 bits per heavy atom. The van der Waals surface area contributed by atoms with Crippen molar-refractivity contribution in [3.63, 3.8) is 0 Å². The molecule has 9 heteroatoms. The van der Waals surface area contributed by atoms with Crippen LogP contribution in [0.2, 0.25) is 0 Å². The highest BCUT2D eigenvalue weighted by Crippen LogP contribution is 2.54. The van der Waals surface area contributed by atoms with Gasteiger partial charge in [0.05, 0.1) is 6.04 Å². The van der Waals surface area contributed by atoms with Crippen molar-refractivity contribution in [2.45, 2.75) is 102 Å². The number of likely N-dealkylation sites (tertiary alicyclic amines) is 2. The number of nitrogens with one attached hydrogen (secondary N) is 1. The summed E-state index contributed by atoms with van der Waals surface area (Å²) in [4.78, 5) is 29.9. The number of para-hydroxylation sites is 1. The lowest BCUT2D eigenvalue weighted by Gasteiger charge is -2.44. The number of amides is 3. The van der Waals surface area contributed by atoms with Gasteiger partial charge < -0.3 is 24.6 Å². The second-order valence-electron chi connectivity index (χ2n) is 14.0. The molecule has 41 heavy (non-hydrogen) atoms. The number of carbonyl (C=O) groups excluding carboxylic acids is 2. The van der Waals surface area contributed by atoms with Gasteiger partial charge >= 0.3 is 12.1 Å². The van der Waals surface area contributed by atoms with Gasteiger partial charge in [-0.15, -0.1) is 0 Å². The summed E-state index contributed by atoms with van der Waals surface area (Å²) in [6, 6.07) is 8.46. The summed E-state index contributed by atoms with van der Waals surface area (Å²) < 4.78 is 14.9. The molecule has 2 saturated carbocycles. The van der Waals surface area contributed by atoms with Crippen LogP contribution >= 0.6 is 0 Å². The summed E-state index contributed by atoms with van der Waals surface area (Å²) in [6.45, 7) is 10.7. The quantitative estimate of drug-likeness (QED) is 0.514. The van der Waals surface area contributed by atoms with Crippen LogP contribution in [0.25, 0.3) is 11.3 Å². The third-order valence-electron chi connectivity index (χ3n) is 9.81. The molecule has 5 aliphatic rings. The van der Waals surface area contributed by atoms with Gasteiger partial charge in [-0.2, -0.15) is 5.10 Å². The Morgan fingerprint density at radius 2 is 1.80 bits per heavy atom. The molecule has 0 unspecified atom stereocenters. The van der Waals surface area contributed by atoms with Crippen molar-refractivity contribution >= 4 is 12.1 Å². The molecular weight excluding hydrogens is 518 g/mol. The highest BCUT2D eigenvalue weighted by molar-refractivity contribution is 5.76. The molecule has 3 aliphatic heterocycles. The van der Waals surface area contributed by atoms with Crippen LogP contribution < -0.4 is 10.1 Å². The third kappa shape index (κ3) is 4.75. The second-order valence-corrected chi connectivity index (χ2v) is 14.0. The number of fused-ring (bicyclic) bond motifs is 4. The van der Waals surface area contributed by atoms with Crippen LogP contribution in [-0.4, -0.2) is 69.0 Å². The average Bonchev–Trinajstić information content (AvgIpc) is 3.86. The van der Waals surface area contributed by atoms with E-state index in [2.05, 4.69) is 23.0 Å². The van der Waals surface area contributed by atoms with E-state index in [1.54, 1.807) is 0 Å². The normalized spacial score (nSPS) is 24.0. The van der Waals surface area contributed by atoms with Crippen LogP contribution in [-0.2, 0) is 10.3 Å². The highest BCUT2D eigenvalue weighted by Gasteiger charge is 2.55. The van der Waals surface area contributed by atoms with E-state index in [9.17, 15) is 9.59 Å². The van der Waals surface area contributed by atoms with E-state index in [1.807, 2.05) is 48.8 Å². The summed E-state index contributed by atoms with van der Waals surface area (Å²) in [5.74, 6) is 1.53. The fourth-order valence-corrected chi connectivity index (χ4v) is 7.30. The van der Waals surface area contributed by atoms with E-state index in [0.29, 0.717) is 25.6 Å². The van der Waals surface area contributed by atoms with Crippen molar-refractivity contribution in [1.82, 2.24) is 24.9 Å². The number of rotatable bonds is 3. The lowest BCUT2D eigenvalue weighted by atomic mass is 9.79. The molecule has 4 fully saturated rings. The van der Waals surface area contributed by atoms with Crippen molar-refractivity contribution in [3.05, 3.63) is 35.5 Å². The zero-order chi connectivity index (χ0) is 28.6. The molecule has 0 bridgehead atoms. The van der Waals surface area contributed by atoms with Crippen molar-refractivity contribution in [2.24, 2.45) is 5.92 Å². The smallest absolute Gasteiger partial charge is 0.410 e. The maximum atomic E-state index is 13.1. The second kappa shape index (κ2) is 9.39. The van der Waals surface area contributed by atoms with E-state index < -0.39 is 11.2 Å². The number of piperidine rings is 2. The summed E-state index contributed by atoms with van der Waals surface area (Å²) in [6.07, 6.45) is 7.48. The van der Waals surface area contributed by atoms with E-state index in [4.69, 9.17) is 14.6 Å². The molecule has 2 spiro atoms. The Balaban J connectivity index is 1.16. The first-order valence-corrected chi connectivity index (χ1v) is 15.5. The van der Waals surface area contributed by atoms with Gasteiger partial charge in [0.1, 0.15) is 22.6 Å². The molecule has 2 aromatic rings. The zero-order valence-electron chi connectivity index (χ0n) is 24.9. The Kier molecular flexibility index (Phi) is 6.11. The Hall–Kier alpha value is -3.23. The molecule has 7 rings (SSSR count). The van der Waals surface area contributed by atoms with Gasteiger partial charge in [-0.05, 0) is 84.3 Å². The largest absolute Gasteiger partial charge is 0.482 e. The molecule has 0 radical (unpaired) electrons. The first-order chi connectivity index (χ1) is 19.6. The molecular formula is C32H43N5O4. The lowest BCUT2D eigenvalue weighted by Crippen LogP contribution is -2.52. The minimum absolute atomic E-state index is 0.0436. The van der Waals surface area contributed by atoms with Crippen LogP contribution in [0.1, 0.15) is 89.4 Å². The number of urea groups is 1. The van der Waals surface area contributed by atoms with Crippen LogP contribution in [0, 0.1) is 12.8 Å². The summed E-state index contributed by atoms with van der Waals surface area (Å²) in [7, 11) is 0. The van der Waals surface area contributed by atoms with E-state index in [1.165, 1.54) is 18.4 Å². The first-order valence-electron chi connectivity index (χ1n) is 15.5. The maximum absolute atomic E-state index is 13.1. The summed E-state index contributed by atoms with van der Waals surface area (Å²) >= 11 is 0. The third-order valence-corrected chi connectivity index (χ3v) is 9.81. The molecule has 1 N–H and O–H groups in total. The maximum Gasteiger partial charge on any atom is 0.410 e. The molecule has 9 nitrogen and oxygen atoms in total. The van der Waals surface area contributed by atoms with Crippen LogP contribution in [0.3, 0.4) is 0 Å². The van der Waals surface area contributed by atoms with Crippen LogP contribution in [0.5, 0.6) is 5.75 Å². The van der Waals surface area contributed by atoms with Gasteiger partial charge in [0.15, 0.2) is 0 Å². The van der Waals surface area contributed by atoms with Crippen molar-refractivity contribution in [3.8, 4) is 17.0 Å². The number of aromatic nitrogens is 2. The number of hydrogen-bond donors (Lipinski definition) is 1. The molecule has 220 valence electrons.